The Labute approximate surface area is 161 Å². The average Bonchev–Trinajstić information content (AvgIpc) is 2.90. The van der Waals surface area contributed by atoms with E-state index in [2.05, 4.69) is 10.3 Å². The summed E-state index contributed by atoms with van der Waals surface area (Å²) in [6.45, 7) is 3.93. The van der Waals surface area contributed by atoms with Crippen molar-refractivity contribution in [1.82, 2.24) is 4.98 Å². The number of hydrogen-bond acceptors (Lipinski definition) is 2. The van der Waals surface area contributed by atoms with E-state index in [1.165, 1.54) is 0 Å². The van der Waals surface area contributed by atoms with E-state index in [4.69, 9.17) is 23.2 Å². The molecule has 0 radical (unpaired) electrons. The fourth-order valence-electron chi connectivity index (χ4n) is 2.81. The van der Waals surface area contributed by atoms with E-state index in [0.717, 1.165) is 5.39 Å². The number of hydrogen-bond donors (Lipinski definition) is 2. The quantitative estimate of drug-likeness (QED) is 0.551. The molecular formula is C20H18Cl2N2O2. The number of nitrogens with one attached hydrogen (secondary N) is 2. The Kier molecular flexibility index (Phi) is 5.35. The van der Waals surface area contributed by atoms with E-state index >= 15 is 0 Å². The fraction of sp³-hybridized carbons (Fsp3) is 0.200. The Morgan fingerprint density at radius 2 is 1.81 bits per heavy atom. The number of anilines is 1. The van der Waals surface area contributed by atoms with E-state index in [1.807, 2.05) is 13.8 Å². The number of fused-ring (bicyclic) bond motifs is 1. The summed E-state index contributed by atoms with van der Waals surface area (Å²) in [4.78, 5) is 28.4. The van der Waals surface area contributed by atoms with Gasteiger partial charge in [0.1, 0.15) is 5.69 Å². The topological polar surface area (TPSA) is 62.0 Å². The van der Waals surface area contributed by atoms with Gasteiger partial charge in [-0.1, -0.05) is 49.2 Å². The van der Waals surface area contributed by atoms with Crippen LogP contribution in [0.15, 0.2) is 42.5 Å². The molecule has 134 valence electrons. The van der Waals surface area contributed by atoms with Crippen LogP contribution in [0, 0.1) is 5.92 Å². The van der Waals surface area contributed by atoms with Crippen LogP contribution in [0.25, 0.3) is 10.9 Å². The smallest absolute Gasteiger partial charge is 0.224 e. The van der Waals surface area contributed by atoms with Crippen LogP contribution in [0.4, 0.5) is 5.69 Å². The maximum absolute atomic E-state index is 13.0. The minimum Gasteiger partial charge on any atom is -0.350 e. The molecule has 3 aromatic rings. The van der Waals surface area contributed by atoms with Gasteiger partial charge < -0.3 is 10.3 Å². The zero-order valence-corrected chi connectivity index (χ0v) is 15.9. The number of benzene rings is 2. The number of carbonyl (C=O) groups is 2. The van der Waals surface area contributed by atoms with Crippen molar-refractivity contribution in [2.75, 3.05) is 5.32 Å². The Hall–Kier alpha value is -2.30. The number of carbonyl (C=O) groups excluding carboxylic acids is 2. The largest absolute Gasteiger partial charge is 0.350 e. The zero-order chi connectivity index (χ0) is 18.8. The molecule has 0 aliphatic rings. The first kappa shape index (κ1) is 18.5. The summed E-state index contributed by atoms with van der Waals surface area (Å²) in [6, 6.07) is 11.9. The maximum atomic E-state index is 13.0. The predicted octanol–water partition coefficient (Wildman–Crippen LogP) is 5.69. The molecule has 0 atom stereocenters. The van der Waals surface area contributed by atoms with Gasteiger partial charge in [-0.05, 0) is 36.2 Å². The third kappa shape index (κ3) is 3.92. The highest BCUT2D eigenvalue weighted by molar-refractivity contribution is 6.32. The lowest BCUT2D eigenvalue weighted by atomic mass is 10.1. The summed E-state index contributed by atoms with van der Waals surface area (Å²) in [5.41, 5.74) is 1.89. The van der Waals surface area contributed by atoms with Crippen LogP contribution in [0.1, 0.15) is 36.3 Å². The first-order chi connectivity index (χ1) is 12.3. The van der Waals surface area contributed by atoms with Crippen molar-refractivity contribution in [2.24, 2.45) is 5.92 Å². The molecule has 0 fully saturated rings. The van der Waals surface area contributed by atoms with Crippen molar-refractivity contribution in [2.45, 2.75) is 20.3 Å². The minimum absolute atomic E-state index is 0.143. The lowest BCUT2D eigenvalue weighted by molar-refractivity contribution is -0.116. The third-order valence-corrected chi connectivity index (χ3v) is 4.40. The first-order valence-corrected chi connectivity index (χ1v) is 9.02. The average molecular weight is 389 g/mol. The van der Waals surface area contributed by atoms with Crippen molar-refractivity contribution in [3.05, 3.63) is 63.8 Å². The molecule has 0 unspecified atom stereocenters. The monoisotopic (exact) mass is 388 g/mol. The van der Waals surface area contributed by atoms with Crippen LogP contribution < -0.4 is 5.32 Å². The Morgan fingerprint density at radius 3 is 2.50 bits per heavy atom. The van der Waals surface area contributed by atoms with Gasteiger partial charge in [-0.15, -0.1) is 0 Å². The summed E-state index contributed by atoms with van der Waals surface area (Å²) in [5, 5.41) is 4.63. The Bertz CT molecular complexity index is 993. The van der Waals surface area contributed by atoms with Crippen molar-refractivity contribution >= 4 is 51.5 Å². The van der Waals surface area contributed by atoms with E-state index in [0.29, 0.717) is 38.9 Å². The lowest BCUT2D eigenvalue weighted by Gasteiger charge is -2.09. The normalized spacial score (nSPS) is 11.1. The number of halogens is 2. The van der Waals surface area contributed by atoms with Crippen LogP contribution in [-0.4, -0.2) is 16.7 Å². The molecule has 4 nitrogen and oxygen atoms in total. The van der Waals surface area contributed by atoms with Crippen LogP contribution >= 0.6 is 23.2 Å². The number of rotatable bonds is 5. The second-order valence-electron chi connectivity index (χ2n) is 6.55. The molecule has 0 aliphatic heterocycles. The molecule has 0 saturated heterocycles. The van der Waals surface area contributed by atoms with Gasteiger partial charge in [-0.2, -0.15) is 0 Å². The van der Waals surface area contributed by atoms with Gasteiger partial charge in [-0.25, -0.2) is 0 Å². The predicted molar refractivity (Wildman–Crippen MR) is 106 cm³/mol. The van der Waals surface area contributed by atoms with Crippen LogP contribution in [-0.2, 0) is 4.79 Å². The highest BCUT2D eigenvalue weighted by Crippen LogP contribution is 2.32. The number of ketones is 1. The summed E-state index contributed by atoms with van der Waals surface area (Å²) in [5.74, 6) is -0.183. The molecule has 0 spiro atoms. The van der Waals surface area contributed by atoms with Gasteiger partial charge in [0.05, 0.1) is 5.69 Å². The first-order valence-electron chi connectivity index (χ1n) is 8.26. The van der Waals surface area contributed by atoms with Crippen molar-refractivity contribution in [1.29, 1.82) is 0 Å². The van der Waals surface area contributed by atoms with Crippen molar-refractivity contribution < 1.29 is 9.59 Å². The summed E-state index contributed by atoms with van der Waals surface area (Å²) in [6.07, 6.45) is 0.366. The Balaban J connectivity index is 2.09. The van der Waals surface area contributed by atoms with E-state index in [1.54, 1.807) is 42.5 Å². The number of aromatic amines is 1. The van der Waals surface area contributed by atoms with E-state index in [-0.39, 0.29) is 17.6 Å². The van der Waals surface area contributed by atoms with Crippen LogP contribution in [0.2, 0.25) is 10.0 Å². The van der Waals surface area contributed by atoms with Gasteiger partial charge in [0.25, 0.3) is 0 Å². The summed E-state index contributed by atoms with van der Waals surface area (Å²) >= 11 is 12.1. The molecule has 0 aliphatic carbocycles. The molecule has 0 bridgehead atoms. The maximum Gasteiger partial charge on any atom is 0.224 e. The zero-order valence-electron chi connectivity index (χ0n) is 14.4. The Morgan fingerprint density at radius 1 is 1.08 bits per heavy atom. The molecule has 3 rings (SSSR count). The molecule has 0 saturated carbocycles. The summed E-state index contributed by atoms with van der Waals surface area (Å²) in [7, 11) is 0. The number of aromatic nitrogens is 1. The molecule has 1 heterocycles. The highest BCUT2D eigenvalue weighted by Gasteiger charge is 2.21. The van der Waals surface area contributed by atoms with Gasteiger partial charge in [0, 0.05) is 32.9 Å². The molecule has 2 aromatic carbocycles. The van der Waals surface area contributed by atoms with Gasteiger partial charge >= 0.3 is 0 Å². The number of amides is 1. The molecule has 2 N–H and O–H groups in total. The molecule has 6 heteroatoms. The second-order valence-corrected chi connectivity index (χ2v) is 7.42. The minimum atomic E-state index is -0.250. The summed E-state index contributed by atoms with van der Waals surface area (Å²) < 4.78 is 0. The molecule has 26 heavy (non-hydrogen) atoms. The van der Waals surface area contributed by atoms with Gasteiger partial charge in [0.2, 0.25) is 11.7 Å². The number of H-pyrrole nitrogens is 1. The lowest BCUT2D eigenvalue weighted by Crippen LogP contribution is -2.16. The second kappa shape index (κ2) is 7.52. The molecular weight excluding hydrogens is 371 g/mol. The van der Waals surface area contributed by atoms with E-state index < -0.39 is 0 Å². The molecule has 1 amide bonds. The highest BCUT2D eigenvalue weighted by atomic mass is 35.5. The SMILES string of the molecule is CC(C)CC(=O)Nc1c(C(=O)c2cccc(Cl)c2)[nH]c2cc(Cl)ccc12. The van der Waals surface area contributed by atoms with Crippen molar-refractivity contribution in [3.8, 4) is 0 Å². The molecule has 1 aromatic heterocycles. The standard InChI is InChI=1S/C20H18Cl2N2O2/c1-11(2)8-17(25)24-18-15-7-6-14(22)10-16(15)23-19(18)20(26)12-4-3-5-13(21)9-12/h3-7,9-11,23H,8H2,1-2H3,(H,24,25). The van der Waals surface area contributed by atoms with Crippen LogP contribution in [0.3, 0.4) is 0 Å². The fourth-order valence-corrected chi connectivity index (χ4v) is 3.17. The third-order valence-electron chi connectivity index (χ3n) is 3.93. The van der Waals surface area contributed by atoms with E-state index in [9.17, 15) is 9.59 Å². The van der Waals surface area contributed by atoms with Crippen molar-refractivity contribution in [3.63, 3.8) is 0 Å². The van der Waals surface area contributed by atoms with Crippen LogP contribution in [0.5, 0.6) is 0 Å². The van der Waals surface area contributed by atoms with Gasteiger partial charge in [-0.3, -0.25) is 9.59 Å². The van der Waals surface area contributed by atoms with Gasteiger partial charge in [0.15, 0.2) is 0 Å².